The van der Waals surface area contributed by atoms with Crippen LogP contribution in [0.4, 0.5) is 10.5 Å². The van der Waals surface area contributed by atoms with Crippen LogP contribution in [-0.4, -0.2) is 99.1 Å². The van der Waals surface area contributed by atoms with E-state index in [0.717, 1.165) is 11.1 Å². The summed E-state index contributed by atoms with van der Waals surface area (Å²) in [4.78, 5) is 71.2. The second-order valence-corrected chi connectivity index (χ2v) is 11.3. The molecular formula is C24H24N10O8S2. The van der Waals surface area contributed by atoms with Crippen LogP contribution >= 0.6 is 23.5 Å². The second kappa shape index (κ2) is 12.6. The van der Waals surface area contributed by atoms with E-state index < -0.39 is 46.8 Å². The van der Waals surface area contributed by atoms with Gasteiger partial charge in [-0.15, -0.1) is 16.9 Å². The molecular weight excluding hydrogens is 620 g/mol. The minimum atomic E-state index is -1.38. The van der Waals surface area contributed by atoms with Gasteiger partial charge in [0.1, 0.15) is 34.6 Å². The van der Waals surface area contributed by atoms with E-state index in [2.05, 4.69) is 41.4 Å². The minimum Gasteiger partial charge on any atom is -0.508 e. The van der Waals surface area contributed by atoms with E-state index in [4.69, 9.17) is 4.74 Å². The normalized spacial score (nSPS) is 18.1. The number of carboxylic acid groups (broad SMARTS) is 1. The zero-order chi connectivity index (χ0) is 31.5. The Balaban J connectivity index is 1.31. The number of anilines is 1. The number of hydrogen-bond donors (Lipinski definition) is 6. The number of rotatable bonds is 10. The van der Waals surface area contributed by atoms with E-state index in [1.807, 2.05) is 0 Å². The number of aromatic amines is 1. The molecule has 0 radical (unpaired) electrons. The zero-order valence-electron chi connectivity index (χ0n) is 22.9. The van der Waals surface area contributed by atoms with Crippen LogP contribution in [0.15, 0.2) is 51.7 Å². The van der Waals surface area contributed by atoms with Crippen molar-refractivity contribution in [3.8, 4) is 11.8 Å². The van der Waals surface area contributed by atoms with Gasteiger partial charge in [0.15, 0.2) is 0 Å². The Kier molecular flexibility index (Phi) is 8.71. The molecule has 4 amide bonds. The third-order valence-electron chi connectivity index (χ3n) is 6.49. The van der Waals surface area contributed by atoms with Gasteiger partial charge in [0.25, 0.3) is 17.5 Å². The molecule has 4 heterocycles. The SMILES string of the molecule is COc1ncc(NC(=O)N[C@@H](C(=O)NC2C(=O)N3C(C(=O)O)=C(CSc4nnnn4C)CS[C@H]23)c2ccc(O)cc2)c(=O)[nH]1. The van der Waals surface area contributed by atoms with Gasteiger partial charge in [-0.1, -0.05) is 23.9 Å². The fourth-order valence-corrected chi connectivity index (χ4v) is 6.69. The van der Waals surface area contributed by atoms with Crippen LogP contribution in [0.2, 0.25) is 0 Å². The van der Waals surface area contributed by atoms with Gasteiger partial charge in [-0.3, -0.25) is 24.3 Å². The lowest BCUT2D eigenvalue weighted by atomic mass is 10.0. The highest BCUT2D eigenvalue weighted by Crippen LogP contribution is 2.41. The minimum absolute atomic E-state index is 0.0726. The highest BCUT2D eigenvalue weighted by atomic mass is 32.2. The molecule has 0 spiro atoms. The van der Waals surface area contributed by atoms with Gasteiger partial charge in [0.05, 0.1) is 13.3 Å². The number of hydrogen-bond acceptors (Lipinski definition) is 13. The maximum absolute atomic E-state index is 13.5. The molecule has 3 atom stereocenters. The first-order valence-corrected chi connectivity index (χ1v) is 14.7. The standard InChI is InChI=1S/C24H24N10O8S2/c1-33-24(30-31-32-33)44-9-11-8-43-20-15(19(38)34(20)16(11)21(39)40)27-18(37)14(10-3-5-12(35)6-4-10)28-22(41)26-13-7-25-23(42-2)29-17(13)36/h3-7,14-15,20,35H,8-9H2,1-2H3,(H,27,37)(H,39,40)(H,25,29,36)(H2,26,28,41)/t14-,15?,20-/m1/s1. The maximum Gasteiger partial charge on any atom is 0.352 e. The Morgan fingerprint density at radius 3 is 2.64 bits per heavy atom. The summed E-state index contributed by atoms with van der Waals surface area (Å²) in [5.41, 5.74) is -0.360. The van der Waals surface area contributed by atoms with Gasteiger partial charge in [-0.25, -0.2) is 19.3 Å². The quantitative estimate of drug-likeness (QED) is 0.119. The number of urea groups is 1. The number of aromatic hydroxyl groups is 1. The molecule has 0 saturated carbocycles. The number of carbonyl (C=O) groups excluding carboxylic acids is 3. The number of H-pyrrole nitrogens is 1. The summed E-state index contributed by atoms with van der Waals surface area (Å²) in [5.74, 6) is -2.31. The lowest BCUT2D eigenvalue weighted by molar-refractivity contribution is -0.150. The van der Waals surface area contributed by atoms with Crippen molar-refractivity contribution in [1.82, 2.24) is 45.7 Å². The number of amides is 4. The van der Waals surface area contributed by atoms with Gasteiger partial charge in [0.2, 0.25) is 11.1 Å². The van der Waals surface area contributed by atoms with Crippen molar-refractivity contribution in [1.29, 1.82) is 0 Å². The molecule has 2 aliphatic heterocycles. The summed E-state index contributed by atoms with van der Waals surface area (Å²) < 4.78 is 6.27. The van der Waals surface area contributed by atoms with E-state index in [9.17, 15) is 34.2 Å². The number of aromatic nitrogens is 6. The smallest absolute Gasteiger partial charge is 0.352 e. The molecule has 20 heteroatoms. The van der Waals surface area contributed by atoms with E-state index in [1.165, 1.54) is 59.6 Å². The van der Waals surface area contributed by atoms with Crippen molar-refractivity contribution >= 4 is 53.0 Å². The van der Waals surface area contributed by atoms with E-state index in [0.29, 0.717) is 10.7 Å². The molecule has 5 rings (SSSR count). The van der Waals surface area contributed by atoms with Crippen molar-refractivity contribution in [2.75, 3.05) is 23.9 Å². The Morgan fingerprint density at radius 1 is 1.25 bits per heavy atom. The van der Waals surface area contributed by atoms with E-state index in [1.54, 1.807) is 7.05 Å². The lowest BCUT2D eigenvalue weighted by Gasteiger charge is -2.49. The van der Waals surface area contributed by atoms with Crippen LogP contribution in [0.5, 0.6) is 11.8 Å². The number of aryl methyl sites for hydroxylation is 1. The van der Waals surface area contributed by atoms with Crippen molar-refractivity contribution in [3.63, 3.8) is 0 Å². The molecule has 1 fully saturated rings. The van der Waals surface area contributed by atoms with Crippen LogP contribution in [0.3, 0.4) is 0 Å². The van der Waals surface area contributed by atoms with Crippen LogP contribution in [-0.2, 0) is 21.4 Å². The van der Waals surface area contributed by atoms with Gasteiger partial charge in [-0.2, -0.15) is 0 Å². The Morgan fingerprint density at radius 2 is 2.00 bits per heavy atom. The molecule has 0 aliphatic carbocycles. The number of carbonyl (C=O) groups is 4. The zero-order valence-corrected chi connectivity index (χ0v) is 24.5. The number of fused-ring (bicyclic) bond motifs is 1. The fraction of sp³-hybridized carbons (Fsp3) is 0.292. The Bertz CT molecular complexity index is 1710. The summed E-state index contributed by atoms with van der Waals surface area (Å²) in [7, 11) is 2.94. The largest absolute Gasteiger partial charge is 0.508 e. The summed E-state index contributed by atoms with van der Waals surface area (Å²) in [6.45, 7) is 0. The Labute approximate surface area is 255 Å². The number of methoxy groups -OCH3 is 1. The number of ether oxygens (including phenoxy) is 1. The molecule has 230 valence electrons. The molecule has 2 aliphatic rings. The third-order valence-corrected chi connectivity index (χ3v) is 8.92. The number of benzene rings is 1. The molecule has 1 unspecified atom stereocenters. The van der Waals surface area contributed by atoms with E-state index >= 15 is 0 Å². The number of thioether (sulfide) groups is 2. The maximum atomic E-state index is 13.5. The molecule has 0 bridgehead atoms. The number of nitrogens with one attached hydrogen (secondary N) is 4. The van der Waals surface area contributed by atoms with Gasteiger partial charge >= 0.3 is 12.0 Å². The third kappa shape index (κ3) is 6.15. The first-order valence-electron chi connectivity index (χ1n) is 12.6. The summed E-state index contributed by atoms with van der Waals surface area (Å²) in [6, 6.07) is 1.93. The average molecular weight is 645 g/mol. The number of nitrogens with zero attached hydrogens (tertiary/aromatic N) is 6. The lowest BCUT2D eigenvalue weighted by Crippen LogP contribution is -2.71. The summed E-state index contributed by atoms with van der Waals surface area (Å²) in [5, 5.41) is 37.9. The van der Waals surface area contributed by atoms with Gasteiger partial charge in [-0.05, 0) is 33.7 Å². The molecule has 44 heavy (non-hydrogen) atoms. The Hall–Kier alpha value is -5.11. The molecule has 3 aromatic rings. The number of tetrazole rings is 1. The summed E-state index contributed by atoms with van der Waals surface area (Å²) in [6.07, 6.45) is 1.07. The molecule has 1 aromatic carbocycles. The first-order chi connectivity index (χ1) is 21.1. The topological polar surface area (TPSA) is 247 Å². The predicted molar refractivity (Wildman–Crippen MR) is 154 cm³/mol. The van der Waals surface area contributed by atoms with Crippen LogP contribution in [0, 0.1) is 0 Å². The number of phenols is 1. The first kappa shape index (κ1) is 30.4. The highest BCUT2D eigenvalue weighted by Gasteiger charge is 2.54. The average Bonchev–Trinajstić information content (AvgIpc) is 3.42. The number of carboxylic acids is 1. The van der Waals surface area contributed by atoms with Crippen molar-refractivity contribution in [2.24, 2.45) is 7.05 Å². The number of β-lactam (4-membered cyclic amide) rings is 1. The summed E-state index contributed by atoms with van der Waals surface area (Å²) >= 11 is 2.50. The number of phenolic OH excluding ortho intramolecular Hbond substituents is 1. The molecule has 1 saturated heterocycles. The molecule has 6 N–H and O–H groups in total. The predicted octanol–water partition coefficient (Wildman–Crippen LogP) is -0.599. The van der Waals surface area contributed by atoms with E-state index in [-0.39, 0.29) is 40.2 Å². The monoisotopic (exact) mass is 644 g/mol. The van der Waals surface area contributed by atoms with Crippen LogP contribution in [0.25, 0.3) is 0 Å². The van der Waals surface area contributed by atoms with Crippen LogP contribution < -0.4 is 26.2 Å². The van der Waals surface area contributed by atoms with Gasteiger partial charge in [0, 0.05) is 18.6 Å². The fourth-order valence-electron chi connectivity index (χ4n) is 4.35. The van der Waals surface area contributed by atoms with Gasteiger partial charge < -0.3 is 30.9 Å². The van der Waals surface area contributed by atoms with Crippen molar-refractivity contribution < 1.29 is 34.1 Å². The van der Waals surface area contributed by atoms with Crippen molar-refractivity contribution in [2.45, 2.75) is 22.6 Å². The van der Waals surface area contributed by atoms with Crippen LogP contribution in [0.1, 0.15) is 11.6 Å². The molecule has 2 aromatic heterocycles. The van der Waals surface area contributed by atoms with Crippen molar-refractivity contribution in [3.05, 3.63) is 57.6 Å². The second-order valence-electron chi connectivity index (χ2n) is 9.29. The number of aliphatic carboxylic acids is 1. The molecule has 18 nitrogen and oxygen atoms in total. The highest BCUT2D eigenvalue weighted by molar-refractivity contribution is 8.01.